The van der Waals surface area contributed by atoms with Crippen molar-refractivity contribution in [3.63, 3.8) is 0 Å². The van der Waals surface area contributed by atoms with Crippen LogP contribution in [0.4, 0.5) is 0 Å². The Morgan fingerprint density at radius 1 is 1.05 bits per heavy atom. The monoisotopic (exact) mass is 304 g/mol. The van der Waals surface area contributed by atoms with Crippen molar-refractivity contribution < 1.29 is 9.84 Å². The summed E-state index contributed by atoms with van der Waals surface area (Å²) in [5.41, 5.74) is 0. The van der Waals surface area contributed by atoms with Gasteiger partial charge in [0.05, 0.1) is 6.10 Å². The Morgan fingerprint density at radius 2 is 1.71 bits per heavy atom. The largest absolute Gasteiger partial charge is 0.491 e. The zero-order chi connectivity index (χ0) is 15.6. The highest BCUT2D eigenvalue weighted by molar-refractivity contribution is 6.76. The molecule has 0 saturated carbocycles. The van der Waals surface area contributed by atoms with Gasteiger partial charge >= 0.3 is 0 Å². The quantitative estimate of drug-likeness (QED) is 0.531. The average molecular weight is 305 g/mol. The Balaban J connectivity index is 2.12. The molecule has 0 amide bonds. The molecular weight excluding hydrogens is 276 g/mol. The van der Waals surface area contributed by atoms with Crippen molar-refractivity contribution in [1.29, 1.82) is 0 Å². The lowest BCUT2D eigenvalue weighted by atomic mass is 10.2. The molecule has 0 aliphatic rings. The molecule has 0 spiro atoms. The van der Waals surface area contributed by atoms with E-state index in [4.69, 9.17) is 4.74 Å². The van der Waals surface area contributed by atoms with Crippen LogP contribution in [-0.4, -0.2) is 25.9 Å². The van der Waals surface area contributed by atoms with Crippen LogP contribution in [0.5, 0.6) is 5.75 Å². The molecule has 116 valence electrons. The van der Waals surface area contributed by atoms with Crippen LogP contribution < -0.4 is 4.74 Å². The van der Waals surface area contributed by atoms with E-state index in [0.29, 0.717) is 13.0 Å². The predicted molar refractivity (Wildman–Crippen MR) is 93.6 cm³/mol. The summed E-state index contributed by atoms with van der Waals surface area (Å²) in [6, 6.07) is 10.8. The van der Waals surface area contributed by atoms with Gasteiger partial charge in [0.15, 0.2) is 0 Å². The lowest BCUT2D eigenvalue weighted by molar-refractivity contribution is 0.110. The zero-order valence-corrected chi connectivity index (χ0v) is 14.5. The Bertz CT molecular complexity index is 432. The molecule has 0 fully saturated rings. The van der Waals surface area contributed by atoms with E-state index in [1.807, 2.05) is 36.4 Å². The van der Waals surface area contributed by atoms with Gasteiger partial charge in [-0.25, -0.2) is 0 Å². The smallest absolute Gasteiger partial charge is 0.119 e. The van der Waals surface area contributed by atoms with Gasteiger partial charge in [0.25, 0.3) is 0 Å². The SMILES string of the molecule is C[Si](C)(C)C/C=C\C/C=C\CC(O)COc1ccccc1. The zero-order valence-electron chi connectivity index (χ0n) is 13.5. The molecule has 0 aliphatic carbocycles. The molecule has 1 aromatic carbocycles. The first-order valence-electron chi connectivity index (χ1n) is 7.63. The molecule has 0 aliphatic heterocycles. The Labute approximate surface area is 130 Å². The molecule has 0 aromatic heterocycles. The summed E-state index contributed by atoms with van der Waals surface area (Å²) < 4.78 is 5.51. The van der Waals surface area contributed by atoms with Gasteiger partial charge in [0, 0.05) is 8.07 Å². The summed E-state index contributed by atoms with van der Waals surface area (Å²) in [6.45, 7) is 7.45. The standard InChI is InChI=1S/C18H28O2Si/c1-21(2,3)15-11-6-4-5-8-12-17(19)16-20-18-13-9-7-10-14-18/h5-11,13-14,17,19H,4,12,15-16H2,1-3H3/b8-5-,11-6-. The summed E-state index contributed by atoms with van der Waals surface area (Å²) in [4.78, 5) is 0. The number of allylic oxidation sites excluding steroid dienone is 3. The second-order valence-corrected chi connectivity index (χ2v) is 12.0. The van der Waals surface area contributed by atoms with Crippen molar-refractivity contribution >= 4 is 8.07 Å². The average Bonchev–Trinajstić information content (AvgIpc) is 2.44. The van der Waals surface area contributed by atoms with E-state index in [1.54, 1.807) is 0 Å². The molecule has 0 saturated heterocycles. The van der Waals surface area contributed by atoms with Gasteiger partial charge < -0.3 is 9.84 Å². The summed E-state index contributed by atoms with van der Waals surface area (Å²) in [7, 11) is -0.954. The molecule has 0 bridgehead atoms. The second kappa shape index (κ2) is 9.58. The fourth-order valence-electron chi connectivity index (χ4n) is 1.74. The fraction of sp³-hybridized carbons (Fsp3) is 0.444. The van der Waals surface area contributed by atoms with Gasteiger partial charge in [-0.15, -0.1) is 0 Å². The van der Waals surface area contributed by atoms with Gasteiger partial charge in [0.2, 0.25) is 0 Å². The predicted octanol–water partition coefficient (Wildman–Crippen LogP) is 4.66. The van der Waals surface area contributed by atoms with Crippen molar-refractivity contribution in [1.82, 2.24) is 0 Å². The highest BCUT2D eigenvalue weighted by atomic mass is 28.3. The topological polar surface area (TPSA) is 29.5 Å². The third-order valence-corrected chi connectivity index (χ3v) is 4.39. The van der Waals surface area contributed by atoms with Gasteiger partial charge in [-0.3, -0.25) is 0 Å². The fourth-order valence-corrected chi connectivity index (χ4v) is 2.61. The Morgan fingerprint density at radius 3 is 2.38 bits per heavy atom. The summed E-state index contributed by atoms with van der Waals surface area (Å²) in [6.07, 6.45) is 9.75. The number of hydrogen-bond acceptors (Lipinski definition) is 2. The number of aliphatic hydroxyl groups excluding tert-OH is 1. The van der Waals surface area contributed by atoms with Crippen molar-refractivity contribution in [2.75, 3.05) is 6.61 Å². The molecular formula is C18H28O2Si. The minimum absolute atomic E-state index is 0.333. The third-order valence-electron chi connectivity index (χ3n) is 2.93. The normalized spacial score (nSPS) is 13.9. The molecule has 3 heteroatoms. The molecule has 1 unspecified atom stereocenters. The number of ether oxygens (including phenoxy) is 1. The van der Waals surface area contributed by atoms with Crippen LogP contribution in [0.3, 0.4) is 0 Å². The third kappa shape index (κ3) is 10.1. The van der Waals surface area contributed by atoms with Crippen molar-refractivity contribution in [3.8, 4) is 5.75 Å². The van der Waals surface area contributed by atoms with Crippen molar-refractivity contribution in [3.05, 3.63) is 54.6 Å². The van der Waals surface area contributed by atoms with Gasteiger partial charge in [0.1, 0.15) is 12.4 Å². The highest BCUT2D eigenvalue weighted by Gasteiger charge is 2.08. The van der Waals surface area contributed by atoms with E-state index in [-0.39, 0.29) is 0 Å². The van der Waals surface area contributed by atoms with E-state index >= 15 is 0 Å². The van der Waals surface area contributed by atoms with E-state index in [9.17, 15) is 5.11 Å². The first-order chi connectivity index (χ1) is 9.97. The molecule has 1 N–H and O–H groups in total. The van der Waals surface area contributed by atoms with Gasteiger partial charge in [-0.2, -0.15) is 0 Å². The van der Waals surface area contributed by atoms with Crippen LogP contribution >= 0.6 is 0 Å². The summed E-state index contributed by atoms with van der Waals surface area (Å²) in [5, 5.41) is 9.83. The lowest BCUT2D eigenvalue weighted by Crippen LogP contribution is -2.17. The molecule has 2 nitrogen and oxygen atoms in total. The van der Waals surface area contributed by atoms with Crippen LogP contribution in [0.25, 0.3) is 0 Å². The van der Waals surface area contributed by atoms with E-state index in [0.717, 1.165) is 12.2 Å². The van der Waals surface area contributed by atoms with Gasteiger partial charge in [-0.1, -0.05) is 62.1 Å². The summed E-state index contributed by atoms with van der Waals surface area (Å²) in [5.74, 6) is 0.801. The van der Waals surface area contributed by atoms with Crippen LogP contribution in [0.15, 0.2) is 54.6 Å². The number of aliphatic hydroxyl groups is 1. The van der Waals surface area contributed by atoms with E-state index < -0.39 is 14.2 Å². The van der Waals surface area contributed by atoms with E-state index in [1.165, 1.54) is 6.04 Å². The molecule has 1 rings (SSSR count). The second-order valence-electron chi connectivity index (χ2n) is 6.46. The van der Waals surface area contributed by atoms with Gasteiger partial charge in [-0.05, 0) is 31.0 Å². The molecule has 0 radical (unpaired) electrons. The Kier molecular flexibility index (Phi) is 8.09. The number of rotatable bonds is 9. The minimum Gasteiger partial charge on any atom is -0.491 e. The number of para-hydroxylation sites is 1. The molecule has 1 aromatic rings. The molecule has 0 heterocycles. The van der Waals surface area contributed by atoms with Crippen molar-refractivity contribution in [2.45, 2.75) is 44.6 Å². The molecule has 1 atom stereocenters. The Hall–Kier alpha value is -1.32. The highest BCUT2D eigenvalue weighted by Crippen LogP contribution is 2.10. The number of benzene rings is 1. The first kappa shape index (κ1) is 17.7. The van der Waals surface area contributed by atoms with Crippen LogP contribution in [-0.2, 0) is 0 Å². The van der Waals surface area contributed by atoms with E-state index in [2.05, 4.69) is 37.9 Å². The first-order valence-corrected chi connectivity index (χ1v) is 11.3. The van der Waals surface area contributed by atoms with Crippen LogP contribution in [0.1, 0.15) is 12.8 Å². The maximum absolute atomic E-state index is 9.83. The van der Waals surface area contributed by atoms with Crippen LogP contribution in [0, 0.1) is 0 Å². The maximum atomic E-state index is 9.83. The maximum Gasteiger partial charge on any atom is 0.119 e. The summed E-state index contributed by atoms with van der Waals surface area (Å²) >= 11 is 0. The van der Waals surface area contributed by atoms with Crippen LogP contribution in [0.2, 0.25) is 25.7 Å². The van der Waals surface area contributed by atoms with Crippen molar-refractivity contribution in [2.24, 2.45) is 0 Å². The lowest BCUT2D eigenvalue weighted by Gasteiger charge is -2.11. The molecule has 21 heavy (non-hydrogen) atoms. The number of hydrogen-bond donors (Lipinski definition) is 1. The minimum atomic E-state index is -0.954.